The van der Waals surface area contributed by atoms with E-state index in [-0.39, 0.29) is 12.1 Å². The van der Waals surface area contributed by atoms with Gasteiger partial charge in [-0.25, -0.2) is 19.2 Å². The number of nitrogens with zero attached hydrogens (tertiary/aromatic N) is 5. The molecule has 10 heteroatoms. The fourth-order valence-electron chi connectivity index (χ4n) is 4.11. The highest BCUT2D eigenvalue weighted by Gasteiger charge is 2.30. The van der Waals surface area contributed by atoms with Gasteiger partial charge in [-0.3, -0.25) is 0 Å². The lowest BCUT2D eigenvalue weighted by Crippen LogP contribution is -2.47. The summed E-state index contributed by atoms with van der Waals surface area (Å²) in [5.74, 6) is 0.376. The predicted octanol–water partition coefficient (Wildman–Crippen LogP) is 5.14. The summed E-state index contributed by atoms with van der Waals surface area (Å²) in [4.78, 5) is 25.2. The Hall–Kier alpha value is -3.27. The maximum absolute atomic E-state index is 14.8. The van der Waals surface area contributed by atoms with Crippen molar-refractivity contribution in [2.45, 2.75) is 45.3 Å². The van der Waals surface area contributed by atoms with Gasteiger partial charge < -0.3 is 19.7 Å². The zero-order chi connectivity index (χ0) is 24.5. The Morgan fingerprint density at radius 1 is 1.29 bits per heavy atom. The predicted molar refractivity (Wildman–Crippen MR) is 131 cm³/mol. The van der Waals surface area contributed by atoms with Gasteiger partial charge in [0.05, 0.1) is 16.4 Å². The number of carbonyl (C=O) groups is 1. The first-order valence-electron chi connectivity index (χ1n) is 11.1. The number of anilines is 1. The Morgan fingerprint density at radius 3 is 2.68 bits per heavy atom. The van der Waals surface area contributed by atoms with E-state index in [1.54, 1.807) is 17.0 Å². The van der Waals surface area contributed by atoms with E-state index in [4.69, 9.17) is 9.94 Å². The number of hydrogen-bond acceptors (Lipinski definition) is 8. The van der Waals surface area contributed by atoms with E-state index < -0.39 is 11.4 Å². The molecular weight excluding hydrogens is 457 g/mol. The molecule has 4 rings (SSSR count). The van der Waals surface area contributed by atoms with Crippen LogP contribution in [0.15, 0.2) is 35.1 Å². The van der Waals surface area contributed by atoms with Gasteiger partial charge in [-0.2, -0.15) is 0 Å². The van der Waals surface area contributed by atoms with Gasteiger partial charge in [0.15, 0.2) is 0 Å². The normalized spacial score (nSPS) is 15.3. The molecule has 1 aliphatic rings. The summed E-state index contributed by atoms with van der Waals surface area (Å²) in [5, 5.41) is 13.5. The lowest BCUT2D eigenvalue weighted by atomic mass is 10.0. The number of benzene rings is 1. The highest BCUT2D eigenvalue weighted by atomic mass is 32.1. The first kappa shape index (κ1) is 23.9. The van der Waals surface area contributed by atoms with Crippen molar-refractivity contribution in [3.8, 4) is 11.1 Å². The number of oxime groups is 1. The molecule has 0 radical (unpaired) electrons. The van der Waals surface area contributed by atoms with Crippen LogP contribution in [-0.2, 0) is 4.74 Å². The van der Waals surface area contributed by atoms with Crippen molar-refractivity contribution in [3.05, 3.63) is 41.3 Å². The lowest BCUT2D eigenvalue weighted by molar-refractivity contribution is 0.0205. The quantitative estimate of drug-likeness (QED) is 0.313. The first-order valence-corrected chi connectivity index (χ1v) is 12.0. The van der Waals surface area contributed by atoms with E-state index in [0.29, 0.717) is 35.3 Å². The summed E-state index contributed by atoms with van der Waals surface area (Å²) in [5.41, 5.74) is 1.77. The number of halogens is 1. The second-order valence-electron chi connectivity index (χ2n) is 9.32. The Bertz CT molecular complexity index is 1220. The molecule has 0 spiro atoms. The molecule has 1 N–H and O–H groups in total. The summed E-state index contributed by atoms with van der Waals surface area (Å²) in [6.45, 7) is 6.82. The summed E-state index contributed by atoms with van der Waals surface area (Å²) < 4.78 is 21.2. The van der Waals surface area contributed by atoms with Crippen LogP contribution in [0.4, 0.5) is 15.0 Å². The van der Waals surface area contributed by atoms with E-state index in [1.165, 1.54) is 29.9 Å². The number of rotatable bonds is 4. The number of likely N-dealkylation sites (tertiary alicyclic amines) is 1. The first-order chi connectivity index (χ1) is 16.2. The average Bonchev–Trinajstić information content (AvgIpc) is 3.22. The van der Waals surface area contributed by atoms with Crippen molar-refractivity contribution in [2.75, 3.05) is 25.0 Å². The molecule has 0 unspecified atom stereocenters. The number of amides is 1. The van der Waals surface area contributed by atoms with Gasteiger partial charge in [-0.15, -0.1) is 11.3 Å². The van der Waals surface area contributed by atoms with Crippen LogP contribution >= 0.6 is 11.3 Å². The van der Waals surface area contributed by atoms with Crippen molar-refractivity contribution in [3.63, 3.8) is 0 Å². The minimum Gasteiger partial charge on any atom is -0.444 e. The number of aromatic nitrogens is 2. The average molecular weight is 486 g/mol. The number of thiophene rings is 1. The monoisotopic (exact) mass is 485 g/mol. The molecule has 3 aromatic rings. The molecule has 1 aromatic carbocycles. The smallest absolute Gasteiger partial charge is 0.410 e. The lowest BCUT2D eigenvalue weighted by Gasteiger charge is -2.37. The number of fused-ring (bicyclic) bond motifs is 1. The minimum absolute atomic E-state index is 0.205. The fraction of sp³-hybridized carbons (Fsp3) is 0.417. The fourth-order valence-corrected chi connectivity index (χ4v) is 5.16. The summed E-state index contributed by atoms with van der Waals surface area (Å²) in [6.07, 6.45) is 4.00. The number of ether oxygens (including phenoxy) is 1. The minimum atomic E-state index is -0.514. The molecule has 1 fully saturated rings. The molecule has 0 aliphatic carbocycles. The van der Waals surface area contributed by atoms with Crippen LogP contribution in [0.3, 0.4) is 0 Å². The third kappa shape index (κ3) is 4.96. The third-order valence-electron chi connectivity index (χ3n) is 5.82. The van der Waals surface area contributed by atoms with E-state index in [9.17, 15) is 9.18 Å². The van der Waals surface area contributed by atoms with Crippen molar-refractivity contribution >= 4 is 39.7 Å². The molecule has 8 nitrogen and oxygen atoms in total. The summed E-state index contributed by atoms with van der Waals surface area (Å²) in [7, 11) is 2.00. The van der Waals surface area contributed by atoms with Crippen molar-refractivity contribution < 1.29 is 19.1 Å². The van der Waals surface area contributed by atoms with Gasteiger partial charge in [-0.1, -0.05) is 17.3 Å². The molecule has 34 heavy (non-hydrogen) atoms. The molecule has 3 heterocycles. The van der Waals surface area contributed by atoms with E-state index >= 15 is 0 Å². The zero-order valence-electron chi connectivity index (χ0n) is 19.7. The van der Waals surface area contributed by atoms with Crippen LogP contribution in [0, 0.1) is 5.82 Å². The Balaban J connectivity index is 1.54. The van der Waals surface area contributed by atoms with Crippen LogP contribution in [0.25, 0.3) is 21.3 Å². The largest absolute Gasteiger partial charge is 0.444 e. The summed E-state index contributed by atoms with van der Waals surface area (Å²) in [6, 6.07) is 4.88. The second kappa shape index (κ2) is 9.54. The van der Waals surface area contributed by atoms with Crippen LogP contribution in [0.2, 0.25) is 0 Å². The number of hydrogen-bond donors (Lipinski definition) is 1. The van der Waals surface area contributed by atoms with Gasteiger partial charge >= 0.3 is 6.09 Å². The van der Waals surface area contributed by atoms with E-state index in [1.807, 2.05) is 33.2 Å². The molecular formula is C24H28FN5O3S. The standard InChI is InChI=1S/C24H28FN5O3S/c1-24(2,3)33-23(31)30-9-7-16(8-10-30)29(4)22-21-20(26-14-27-22)18(13-34-21)17-6-5-15(12-28-32)11-19(17)25/h5-6,11-14,16,32H,7-10H2,1-4H3/b28-12+. The molecule has 1 saturated heterocycles. The van der Waals surface area contributed by atoms with Crippen LogP contribution < -0.4 is 4.90 Å². The van der Waals surface area contributed by atoms with Gasteiger partial charge in [0.1, 0.15) is 23.6 Å². The van der Waals surface area contributed by atoms with Crippen molar-refractivity contribution in [1.82, 2.24) is 14.9 Å². The molecule has 180 valence electrons. The topological polar surface area (TPSA) is 91.1 Å². The molecule has 2 aromatic heterocycles. The molecule has 0 saturated carbocycles. The van der Waals surface area contributed by atoms with Gasteiger partial charge in [0, 0.05) is 42.7 Å². The van der Waals surface area contributed by atoms with E-state index in [0.717, 1.165) is 23.4 Å². The maximum atomic E-state index is 14.8. The van der Waals surface area contributed by atoms with Crippen molar-refractivity contribution in [2.24, 2.45) is 5.16 Å². The molecule has 0 bridgehead atoms. The Kier molecular flexibility index (Phi) is 6.70. The van der Waals surface area contributed by atoms with Crippen LogP contribution in [-0.4, -0.2) is 64.2 Å². The molecule has 1 amide bonds. The third-order valence-corrected chi connectivity index (χ3v) is 6.79. The number of carbonyl (C=O) groups excluding carboxylic acids is 1. The van der Waals surface area contributed by atoms with Gasteiger partial charge in [-0.05, 0) is 45.2 Å². The van der Waals surface area contributed by atoms with Crippen LogP contribution in [0.5, 0.6) is 0 Å². The summed E-state index contributed by atoms with van der Waals surface area (Å²) >= 11 is 1.48. The zero-order valence-corrected chi connectivity index (χ0v) is 20.5. The maximum Gasteiger partial charge on any atom is 0.410 e. The highest BCUT2D eigenvalue weighted by molar-refractivity contribution is 7.18. The van der Waals surface area contributed by atoms with Gasteiger partial charge in [0.2, 0.25) is 0 Å². The van der Waals surface area contributed by atoms with Gasteiger partial charge in [0.25, 0.3) is 0 Å². The van der Waals surface area contributed by atoms with Crippen molar-refractivity contribution in [1.29, 1.82) is 0 Å². The second-order valence-corrected chi connectivity index (χ2v) is 10.2. The molecule has 1 aliphatic heterocycles. The Morgan fingerprint density at radius 2 is 2.03 bits per heavy atom. The highest BCUT2D eigenvalue weighted by Crippen LogP contribution is 2.38. The SMILES string of the molecule is CN(c1ncnc2c(-c3ccc(/C=N/O)cc3F)csc12)C1CCN(C(=O)OC(C)(C)C)CC1. The number of piperidine rings is 1. The Labute approximate surface area is 201 Å². The van der Waals surface area contributed by atoms with Crippen LogP contribution in [0.1, 0.15) is 39.2 Å². The molecule has 0 atom stereocenters. The van der Waals surface area contributed by atoms with E-state index in [2.05, 4.69) is 20.0 Å².